The topological polar surface area (TPSA) is 35.2 Å². The highest BCUT2D eigenvalue weighted by Crippen LogP contribution is 2.31. The molecule has 4 nitrogen and oxygen atoms in total. The molecule has 1 N–H and O–H groups in total. The fourth-order valence-electron chi connectivity index (χ4n) is 2.81. The van der Waals surface area contributed by atoms with E-state index in [2.05, 4.69) is 15.1 Å². The molecule has 0 saturated carbocycles. The first-order valence-corrected chi connectivity index (χ1v) is 7.64. The van der Waals surface area contributed by atoms with Crippen LogP contribution in [-0.2, 0) is 12.6 Å². The minimum absolute atomic E-state index is 0.586. The van der Waals surface area contributed by atoms with Crippen molar-refractivity contribution in [2.24, 2.45) is 0 Å². The number of rotatable bonds is 4. The molecule has 1 aliphatic rings. The summed E-state index contributed by atoms with van der Waals surface area (Å²) in [4.78, 5) is 4.35. The first-order chi connectivity index (χ1) is 11.0. The maximum Gasteiger partial charge on any atom is 0.416 e. The number of aromatic amines is 1. The lowest BCUT2D eigenvalue weighted by molar-refractivity contribution is -0.137. The molecule has 0 aliphatic carbocycles. The number of halogens is 3. The standard InChI is InChI=1S/C16H19F3N4/c17-16(18,19)14-2-1-3-15(10-14)23-8-6-22(7-9-23)5-4-13-11-20-21-12-13/h1-3,10-12H,4-9H2,(H,20,21). The normalized spacial score (nSPS) is 16.7. The Hall–Kier alpha value is -2.02. The van der Waals surface area contributed by atoms with Gasteiger partial charge in [0, 0.05) is 44.6 Å². The van der Waals surface area contributed by atoms with Crippen molar-refractivity contribution < 1.29 is 13.2 Å². The number of hydrogen-bond donors (Lipinski definition) is 1. The van der Waals surface area contributed by atoms with Crippen LogP contribution in [-0.4, -0.2) is 47.8 Å². The van der Waals surface area contributed by atoms with Crippen molar-refractivity contribution in [3.05, 3.63) is 47.8 Å². The van der Waals surface area contributed by atoms with Crippen LogP contribution in [0.25, 0.3) is 0 Å². The Kier molecular flexibility index (Phi) is 4.56. The fourth-order valence-corrected chi connectivity index (χ4v) is 2.81. The lowest BCUT2D eigenvalue weighted by atomic mass is 10.1. The second kappa shape index (κ2) is 6.62. The molecule has 0 spiro atoms. The van der Waals surface area contributed by atoms with E-state index >= 15 is 0 Å². The van der Waals surface area contributed by atoms with Crippen molar-refractivity contribution >= 4 is 5.69 Å². The second-order valence-electron chi connectivity index (χ2n) is 5.73. The summed E-state index contributed by atoms with van der Waals surface area (Å²) in [5.74, 6) is 0. The Balaban J connectivity index is 1.54. The predicted molar refractivity (Wildman–Crippen MR) is 82.4 cm³/mol. The summed E-state index contributed by atoms with van der Waals surface area (Å²) in [5.41, 5.74) is 1.23. The summed E-state index contributed by atoms with van der Waals surface area (Å²) in [6.07, 6.45) is 0.347. The lowest BCUT2D eigenvalue weighted by Crippen LogP contribution is -2.47. The lowest BCUT2D eigenvalue weighted by Gasteiger charge is -2.36. The van der Waals surface area contributed by atoms with E-state index in [1.54, 1.807) is 6.07 Å². The van der Waals surface area contributed by atoms with Crippen LogP contribution in [0.5, 0.6) is 0 Å². The van der Waals surface area contributed by atoms with Crippen LogP contribution in [0.1, 0.15) is 11.1 Å². The number of benzene rings is 1. The van der Waals surface area contributed by atoms with Gasteiger partial charge in [-0.2, -0.15) is 18.3 Å². The molecule has 0 atom stereocenters. The van der Waals surface area contributed by atoms with Gasteiger partial charge in [0.15, 0.2) is 0 Å². The van der Waals surface area contributed by atoms with Gasteiger partial charge < -0.3 is 4.90 Å². The largest absolute Gasteiger partial charge is 0.416 e. The number of nitrogens with one attached hydrogen (secondary N) is 1. The van der Waals surface area contributed by atoms with E-state index < -0.39 is 11.7 Å². The molecule has 1 saturated heterocycles. The molecule has 0 bridgehead atoms. The van der Waals surface area contributed by atoms with Crippen molar-refractivity contribution in [2.75, 3.05) is 37.6 Å². The highest BCUT2D eigenvalue weighted by atomic mass is 19.4. The Morgan fingerprint density at radius 3 is 2.57 bits per heavy atom. The Bertz CT molecular complexity index is 617. The monoisotopic (exact) mass is 324 g/mol. The molecular weight excluding hydrogens is 305 g/mol. The van der Waals surface area contributed by atoms with Gasteiger partial charge in [0.05, 0.1) is 11.8 Å². The summed E-state index contributed by atoms with van der Waals surface area (Å²) >= 11 is 0. The molecule has 1 aromatic heterocycles. The van der Waals surface area contributed by atoms with Gasteiger partial charge in [-0.3, -0.25) is 10.00 Å². The molecule has 23 heavy (non-hydrogen) atoms. The number of H-pyrrole nitrogens is 1. The number of alkyl halides is 3. The summed E-state index contributed by atoms with van der Waals surface area (Å²) in [6.45, 7) is 4.14. The number of aromatic nitrogens is 2. The molecule has 0 amide bonds. The van der Waals surface area contributed by atoms with E-state index in [0.717, 1.165) is 45.2 Å². The van der Waals surface area contributed by atoms with Crippen molar-refractivity contribution in [1.29, 1.82) is 0 Å². The molecule has 0 unspecified atom stereocenters. The minimum atomic E-state index is -4.29. The van der Waals surface area contributed by atoms with Crippen LogP contribution in [0.2, 0.25) is 0 Å². The zero-order valence-corrected chi connectivity index (χ0v) is 12.7. The smallest absolute Gasteiger partial charge is 0.369 e. The van der Waals surface area contributed by atoms with Gasteiger partial charge in [-0.05, 0) is 30.2 Å². The Labute approximate surface area is 132 Å². The molecule has 1 aliphatic heterocycles. The minimum Gasteiger partial charge on any atom is -0.369 e. The Morgan fingerprint density at radius 2 is 1.91 bits per heavy atom. The third kappa shape index (κ3) is 4.04. The SMILES string of the molecule is FC(F)(F)c1cccc(N2CCN(CCc3cn[nH]c3)CC2)c1. The van der Waals surface area contributed by atoms with Crippen LogP contribution in [0.15, 0.2) is 36.7 Å². The van der Waals surface area contributed by atoms with Crippen LogP contribution in [0, 0.1) is 0 Å². The first kappa shape index (κ1) is 15.9. The van der Waals surface area contributed by atoms with Gasteiger partial charge in [-0.15, -0.1) is 0 Å². The van der Waals surface area contributed by atoms with Gasteiger partial charge in [-0.1, -0.05) is 6.07 Å². The first-order valence-electron chi connectivity index (χ1n) is 7.64. The number of piperazine rings is 1. The molecule has 0 radical (unpaired) electrons. The van der Waals surface area contributed by atoms with E-state index in [4.69, 9.17) is 0 Å². The van der Waals surface area contributed by atoms with Gasteiger partial charge in [0.1, 0.15) is 0 Å². The maximum absolute atomic E-state index is 12.8. The summed E-state index contributed by atoms with van der Waals surface area (Å²) in [7, 11) is 0. The predicted octanol–water partition coefficient (Wildman–Crippen LogP) is 2.79. The third-order valence-electron chi connectivity index (χ3n) is 4.18. The summed E-state index contributed by atoms with van der Waals surface area (Å²) < 4.78 is 38.4. The van der Waals surface area contributed by atoms with Gasteiger partial charge >= 0.3 is 6.18 Å². The van der Waals surface area contributed by atoms with Crippen molar-refractivity contribution in [2.45, 2.75) is 12.6 Å². The number of anilines is 1. The van der Waals surface area contributed by atoms with Crippen LogP contribution >= 0.6 is 0 Å². The van der Waals surface area contributed by atoms with Gasteiger partial charge in [-0.25, -0.2) is 0 Å². The van der Waals surface area contributed by atoms with Crippen molar-refractivity contribution in [3.8, 4) is 0 Å². The summed E-state index contributed by atoms with van der Waals surface area (Å²) in [6, 6.07) is 5.58. The highest BCUT2D eigenvalue weighted by molar-refractivity contribution is 5.49. The highest BCUT2D eigenvalue weighted by Gasteiger charge is 2.31. The molecule has 1 aromatic carbocycles. The van der Waals surface area contributed by atoms with Gasteiger partial charge in [0.25, 0.3) is 0 Å². The molecule has 2 aromatic rings. The average Bonchev–Trinajstić information content (AvgIpc) is 3.06. The third-order valence-corrected chi connectivity index (χ3v) is 4.18. The van der Waals surface area contributed by atoms with E-state index in [-0.39, 0.29) is 0 Å². The van der Waals surface area contributed by atoms with Crippen molar-refractivity contribution in [1.82, 2.24) is 15.1 Å². The second-order valence-corrected chi connectivity index (χ2v) is 5.73. The molecule has 3 rings (SSSR count). The molecule has 2 heterocycles. The van der Waals surface area contributed by atoms with E-state index in [1.807, 2.05) is 17.3 Å². The average molecular weight is 324 g/mol. The zero-order chi connectivity index (χ0) is 16.3. The van der Waals surface area contributed by atoms with Gasteiger partial charge in [0.2, 0.25) is 0 Å². The molecular formula is C16H19F3N4. The number of hydrogen-bond acceptors (Lipinski definition) is 3. The van der Waals surface area contributed by atoms with Crippen LogP contribution in [0.4, 0.5) is 18.9 Å². The van der Waals surface area contributed by atoms with Crippen LogP contribution in [0.3, 0.4) is 0 Å². The summed E-state index contributed by atoms with van der Waals surface area (Å²) in [5, 5.41) is 6.72. The maximum atomic E-state index is 12.8. The number of nitrogens with zero attached hydrogens (tertiary/aromatic N) is 3. The quantitative estimate of drug-likeness (QED) is 0.939. The van der Waals surface area contributed by atoms with E-state index in [1.165, 1.54) is 17.7 Å². The Morgan fingerprint density at radius 1 is 1.13 bits per heavy atom. The van der Waals surface area contributed by atoms with Crippen LogP contribution < -0.4 is 4.90 Å². The van der Waals surface area contributed by atoms with E-state index in [0.29, 0.717) is 5.69 Å². The molecule has 1 fully saturated rings. The van der Waals surface area contributed by atoms with E-state index in [9.17, 15) is 13.2 Å². The fraction of sp³-hybridized carbons (Fsp3) is 0.438. The zero-order valence-electron chi connectivity index (χ0n) is 12.7. The molecule has 124 valence electrons. The van der Waals surface area contributed by atoms with Crippen molar-refractivity contribution in [3.63, 3.8) is 0 Å². The molecule has 7 heteroatoms.